The highest BCUT2D eigenvalue weighted by molar-refractivity contribution is 7.89. The minimum atomic E-state index is -3.57. The normalized spacial score (nSPS) is 15.0. The predicted octanol–water partition coefficient (Wildman–Crippen LogP) is 4.40. The van der Waals surface area contributed by atoms with Crippen molar-refractivity contribution in [3.8, 4) is 5.75 Å². The zero-order valence-electron chi connectivity index (χ0n) is 20.2. The zero-order chi connectivity index (χ0) is 25.2. The van der Waals surface area contributed by atoms with E-state index in [1.165, 1.54) is 11.4 Å². The molecule has 1 aliphatic rings. The number of sulfonamides is 1. The van der Waals surface area contributed by atoms with E-state index in [2.05, 4.69) is 5.32 Å². The number of fused-ring (bicyclic) bond motifs is 1. The standard InChI is InChI=1S/C25H31N3O5S2/c1-17(2)28-21-10-8-19(16-23(21)34-25(28)30)26-24(29)12-7-18-15-20(9-11-22(18)33-3)35(31,32)27-13-5-4-6-14-27/h8-11,15-17H,4-7,12-14H2,1-3H3,(H,26,29). The van der Waals surface area contributed by atoms with Crippen LogP contribution in [0.2, 0.25) is 0 Å². The molecule has 0 atom stereocenters. The van der Waals surface area contributed by atoms with Crippen LogP contribution in [0.3, 0.4) is 0 Å². The predicted molar refractivity (Wildman–Crippen MR) is 139 cm³/mol. The quantitative estimate of drug-likeness (QED) is 0.478. The molecule has 0 bridgehead atoms. The number of ether oxygens (including phenoxy) is 1. The number of hydrogen-bond donors (Lipinski definition) is 1. The van der Waals surface area contributed by atoms with Gasteiger partial charge in [0.1, 0.15) is 5.75 Å². The van der Waals surface area contributed by atoms with E-state index < -0.39 is 10.0 Å². The molecule has 3 aromatic rings. The maximum absolute atomic E-state index is 13.1. The molecule has 1 aliphatic heterocycles. The summed E-state index contributed by atoms with van der Waals surface area (Å²) in [7, 11) is -2.04. The molecule has 2 heterocycles. The van der Waals surface area contributed by atoms with Crippen molar-refractivity contribution in [3.63, 3.8) is 0 Å². The number of nitrogens with one attached hydrogen (secondary N) is 1. The Balaban J connectivity index is 1.47. The lowest BCUT2D eigenvalue weighted by atomic mass is 10.1. The Kier molecular flexibility index (Phi) is 7.63. The van der Waals surface area contributed by atoms with Gasteiger partial charge >= 0.3 is 4.87 Å². The molecule has 1 N–H and O–H groups in total. The van der Waals surface area contributed by atoms with Gasteiger partial charge in [-0.25, -0.2) is 8.42 Å². The number of aromatic nitrogens is 1. The van der Waals surface area contributed by atoms with Gasteiger partial charge in [-0.05, 0) is 75.1 Å². The van der Waals surface area contributed by atoms with Gasteiger partial charge in [-0.2, -0.15) is 4.31 Å². The number of aryl methyl sites for hydroxylation is 1. The lowest BCUT2D eigenvalue weighted by Gasteiger charge is -2.26. The molecule has 0 saturated carbocycles. The highest BCUT2D eigenvalue weighted by Crippen LogP contribution is 2.28. The first-order valence-electron chi connectivity index (χ1n) is 11.8. The molecule has 0 spiro atoms. The SMILES string of the molecule is COc1ccc(S(=O)(=O)N2CCCCC2)cc1CCC(=O)Nc1ccc2c(c1)sc(=O)n2C(C)C. The largest absolute Gasteiger partial charge is 0.496 e. The van der Waals surface area contributed by atoms with Crippen molar-refractivity contribution >= 4 is 43.2 Å². The number of carbonyl (C=O) groups is 1. The number of benzene rings is 2. The number of methoxy groups -OCH3 is 1. The number of thiazole rings is 1. The molecule has 4 rings (SSSR count). The Morgan fingerprint density at radius 1 is 1.11 bits per heavy atom. The van der Waals surface area contributed by atoms with Crippen LogP contribution in [-0.4, -0.2) is 43.4 Å². The molecule has 2 aromatic carbocycles. The number of rotatable bonds is 8. The van der Waals surface area contributed by atoms with Gasteiger partial charge in [-0.3, -0.25) is 14.2 Å². The molecule has 10 heteroatoms. The maximum atomic E-state index is 13.1. The lowest BCUT2D eigenvalue weighted by Crippen LogP contribution is -2.35. The second-order valence-corrected chi connectivity index (χ2v) is 11.9. The average molecular weight is 518 g/mol. The number of hydrogen-bond acceptors (Lipinski definition) is 6. The van der Waals surface area contributed by atoms with Crippen molar-refractivity contribution < 1.29 is 17.9 Å². The second kappa shape index (κ2) is 10.5. The molecule has 8 nitrogen and oxygen atoms in total. The van der Waals surface area contributed by atoms with Gasteiger partial charge in [0, 0.05) is 31.2 Å². The van der Waals surface area contributed by atoms with E-state index in [1.54, 1.807) is 28.8 Å². The zero-order valence-corrected chi connectivity index (χ0v) is 21.9. The number of carbonyl (C=O) groups excluding carboxylic acids is 1. The van der Waals surface area contributed by atoms with Crippen LogP contribution < -0.4 is 14.9 Å². The number of piperidine rings is 1. The fraction of sp³-hybridized carbons (Fsp3) is 0.440. The van der Waals surface area contributed by atoms with Crippen molar-refractivity contribution in [1.29, 1.82) is 0 Å². The van der Waals surface area contributed by atoms with Crippen LogP contribution in [0.4, 0.5) is 5.69 Å². The second-order valence-electron chi connectivity index (χ2n) is 9.00. The van der Waals surface area contributed by atoms with E-state index in [0.29, 0.717) is 36.5 Å². The van der Waals surface area contributed by atoms with E-state index >= 15 is 0 Å². The van der Waals surface area contributed by atoms with Gasteiger partial charge in [0.25, 0.3) is 0 Å². The van der Waals surface area contributed by atoms with Gasteiger partial charge in [0.05, 0.1) is 22.2 Å². The van der Waals surface area contributed by atoms with Crippen molar-refractivity contribution in [2.24, 2.45) is 0 Å². The van der Waals surface area contributed by atoms with Crippen LogP contribution in [0.5, 0.6) is 5.75 Å². The highest BCUT2D eigenvalue weighted by atomic mass is 32.2. The molecule has 188 valence electrons. The van der Waals surface area contributed by atoms with E-state index in [1.807, 2.05) is 26.0 Å². The summed E-state index contributed by atoms with van der Waals surface area (Å²) >= 11 is 1.16. The molecule has 0 radical (unpaired) electrons. The Morgan fingerprint density at radius 2 is 1.86 bits per heavy atom. The molecule has 0 aliphatic carbocycles. The number of anilines is 1. The van der Waals surface area contributed by atoms with E-state index in [9.17, 15) is 18.0 Å². The average Bonchev–Trinajstić information content (AvgIpc) is 3.18. The molecule has 1 fully saturated rings. The molecule has 0 unspecified atom stereocenters. The number of amides is 1. The first-order chi connectivity index (χ1) is 16.7. The van der Waals surface area contributed by atoms with Gasteiger partial charge in [-0.1, -0.05) is 17.8 Å². The third-order valence-electron chi connectivity index (χ3n) is 6.24. The molecule has 35 heavy (non-hydrogen) atoms. The summed E-state index contributed by atoms with van der Waals surface area (Å²) in [6.07, 6.45) is 3.27. The summed E-state index contributed by atoms with van der Waals surface area (Å²) in [5.41, 5.74) is 2.14. The van der Waals surface area contributed by atoms with Crippen LogP contribution in [0, 0.1) is 0 Å². The van der Waals surface area contributed by atoms with Crippen molar-refractivity contribution in [2.75, 3.05) is 25.5 Å². The van der Waals surface area contributed by atoms with Gasteiger partial charge < -0.3 is 10.1 Å². The summed E-state index contributed by atoms with van der Waals surface area (Å²) in [6, 6.07) is 10.3. The molecular formula is C25H31N3O5S2. The Bertz CT molecular complexity index is 1390. The monoisotopic (exact) mass is 517 g/mol. The first kappa shape index (κ1) is 25.4. The third kappa shape index (κ3) is 5.44. The number of nitrogens with zero attached hydrogens (tertiary/aromatic N) is 2. The van der Waals surface area contributed by atoms with Crippen LogP contribution in [0.1, 0.15) is 51.1 Å². The molecular weight excluding hydrogens is 486 g/mol. The van der Waals surface area contributed by atoms with E-state index in [4.69, 9.17) is 4.74 Å². The van der Waals surface area contributed by atoms with Gasteiger partial charge in [0.15, 0.2) is 0 Å². The smallest absolute Gasteiger partial charge is 0.308 e. The topological polar surface area (TPSA) is 97.7 Å². The fourth-order valence-electron chi connectivity index (χ4n) is 4.44. The molecule has 1 saturated heterocycles. The fourth-order valence-corrected chi connectivity index (χ4v) is 7.06. The Morgan fingerprint density at radius 3 is 2.54 bits per heavy atom. The summed E-state index contributed by atoms with van der Waals surface area (Å²) in [5, 5.41) is 2.89. The maximum Gasteiger partial charge on any atom is 0.308 e. The van der Waals surface area contributed by atoms with Crippen LogP contribution in [0.25, 0.3) is 10.2 Å². The van der Waals surface area contributed by atoms with E-state index in [0.717, 1.165) is 40.8 Å². The lowest BCUT2D eigenvalue weighted by molar-refractivity contribution is -0.116. The summed E-state index contributed by atoms with van der Waals surface area (Å²) in [6.45, 7) is 4.99. The summed E-state index contributed by atoms with van der Waals surface area (Å²) in [5.74, 6) is 0.350. The van der Waals surface area contributed by atoms with Crippen molar-refractivity contribution in [1.82, 2.24) is 8.87 Å². The first-order valence-corrected chi connectivity index (χ1v) is 14.1. The van der Waals surface area contributed by atoms with Crippen molar-refractivity contribution in [2.45, 2.75) is 56.9 Å². The molecule has 1 aromatic heterocycles. The van der Waals surface area contributed by atoms with Crippen LogP contribution >= 0.6 is 11.3 Å². The minimum Gasteiger partial charge on any atom is -0.496 e. The Hall–Kier alpha value is -2.69. The van der Waals surface area contributed by atoms with E-state index in [-0.39, 0.29) is 28.1 Å². The molecule has 1 amide bonds. The summed E-state index contributed by atoms with van der Waals surface area (Å²) in [4.78, 5) is 25.2. The van der Waals surface area contributed by atoms with Gasteiger partial charge in [-0.15, -0.1) is 0 Å². The van der Waals surface area contributed by atoms with Crippen LogP contribution in [-0.2, 0) is 21.2 Å². The highest BCUT2D eigenvalue weighted by Gasteiger charge is 2.26. The minimum absolute atomic E-state index is 0.0232. The van der Waals surface area contributed by atoms with Gasteiger partial charge in [0.2, 0.25) is 15.9 Å². The third-order valence-corrected chi connectivity index (χ3v) is 9.05. The summed E-state index contributed by atoms with van der Waals surface area (Å²) < 4.78 is 35.7. The van der Waals surface area contributed by atoms with Crippen molar-refractivity contribution in [3.05, 3.63) is 51.6 Å². The Labute approximate surface area is 209 Å². The van der Waals surface area contributed by atoms with Crippen LogP contribution in [0.15, 0.2) is 46.1 Å².